The van der Waals surface area contributed by atoms with Crippen molar-refractivity contribution in [3.8, 4) is 11.5 Å². The Kier molecular flexibility index (Phi) is 7.61. The number of hydrogen-bond acceptors (Lipinski definition) is 4. The number of likely N-dealkylation sites (tertiary alicyclic amines) is 1. The van der Waals surface area contributed by atoms with Gasteiger partial charge in [-0.2, -0.15) is 0 Å². The van der Waals surface area contributed by atoms with Crippen molar-refractivity contribution < 1.29 is 14.1 Å². The van der Waals surface area contributed by atoms with E-state index in [9.17, 15) is 9.35 Å². The molecule has 1 spiro atoms. The average Bonchev–Trinajstić information content (AvgIpc) is 2.96. The summed E-state index contributed by atoms with van der Waals surface area (Å²) in [4.78, 5) is 14.5. The topological polar surface area (TPSA) is 64.6 Å². The minimum Gasteiger partial charge on any atom is -0.598 e. The molecule has 1 N–H and O–H groups in total. The first-order valence-electron chi connectivity index (χ1n) is 12.3. The van der Waals surface area contributed by atoms with E-state index in [1.165, 1.54) is 11.1 Å². The quantitative estimate of drug-likeness (QED) is 0.326. The summed E-state index contributed by atoms with van der Waals surface area (Å²) in [5.74, 6) is 3.39. The molecule has 0 radical (unpaired) electrons. The molecule has 2 aliphatic rings. The number of nitrogens with zero attached hydrogens (tertiary/aromatic N) is 1. The highest BCUT2D eigenvalue weighted by Gasteiger charge is 2.51. The number of ether oxygens (including phenoxy) is 1. The lowest BCUT2D eigenvalue weighted by Gasteiger charge is -2.43. The van der Waals surface area contributed by atoms with Gasteiger partial charge in [-0.05, 0) is 84.1 Å². The summed E-state index contributed by atoms with van der Waals surface area (Å²) >= 11 is -1.19. The molecule has 34 heavy (non-hydrogen) atoms. The van der Waals surface area contributed by atoms with Crippen molar-refractivity contribution in [2.75, 3.05) is 13.1 Å². The van der Waals surface area contributed by atoms with Crippen LogP contribution in [0, 0.1) is 16.9 Å². The van der Waals surface area contributed by atoms with E-state index in [1.807, 2.05) is 46.4 Å². The molecular weight excluding hydrogens is 460 g/mol. The third-order valence-electron chi connectivity index (χ3n) is 6.38. The van der Waals surface area contributed by atoms with Gasteiger partial charge in [-0.15, -0.1) is 10.3 Å². The fourth-order valence-electron chi connectivity index (χ4n) is 4.59. The van der Waals surface area contributed by atoms with Crippen molar-refractivity contribution in [3.63, 3.8) is 0 Å². The molecule has 1 saturated heterocycles. The third kappa shape index (κ3) is 6.60. The molecule has 1 amide bonds. The molecule has 0 unspecified atom stereocenters. The minimum atomic E-state index is -1.46. The van der Waals surface area contributed by atoms with Crippen LogP contribution in [0.1, 0.15) is 77.1 Å². The summed E-state index contributed by atoms with van der Waals surface area (Å²) < 4.78 is 21.9. The molecule has 2 atom stereocenters. The monoisotopic (exact) mass is 502 g/mol. The second kappa shape index (κ2) is 9.53. The van der Waals surface area contributed by atoms with E-state index in [2.05, 4.69) is 54.0 Å². The zero-order valence-electron chi connectivity index (χ0n) is 22.4. The second-order valence-electron chi connectivity index (χ2n) is 12.9. The van der Waals surface area contributed by atoms with Crippen LogP contribution in [0.15, 0.2) is 18.2 Å². The van der Waals surface area contributed by atoms with Gasteiger partial charge in [-0.25, -0.2) is 4.79 Å². The SMILES string of the molecule is CC(C)(C)OC(=O)N1CCC2(CC1)Cc1cc(C#C[Si](C)(C)C)ccc1[C@H]2N[S@+]([O-])C(C)(C)C. The summed E-state index contributed by atoms with van der Waals surface area (Å²) in [6, 6.07) is 6.50. The molecule has 1 aliphatic carbocycles. The molecule has 0 bridgehead atoms. The summed E-state index contributed by atoms with van der Waals surface area (Å²) in [6.45, 7) is 19.7. The summed E-state index contributed by atoms with van der Waals surface area (Å²) in [7, 11) is -1.46. The Labute approximate surface area is 210 Å². The lowest BCUT2D eigenvalue weighted by atomic mass is 9.73. The molecule has 5 nitrogen and oxygen atoms in total. The number of nitrogens with one attached hydrogen (secondary N) is 1. The Morgan fingerprint density at radius 2 is 1.79 bits per heavy atom. The Morgan fingerprint density at radius 1 is 1.18 bits per heavy atom. The van der Waals surface area contributed by atoms with Crippen LogP contribution in [0.3, 0.4) is 0 Å². The summed E-state index contributed by atoms with van der Waals surface area (Å²) in [5, 5.41) is 0. The number of carbonyl (C=O) groups excluding carboxylic acids is 1. The van der Waals surface area contributed by atoms with E-state index >= 15 is 0 Å². The molecule has 0 aromatic heterocycles. The van der Waals surface area contributed by atoms with Gasteiger partial charge in [0.05, 0.1) is 6.04 Å². The Morgan fingerprint density at radius 3 is 2.32 bits per heavy atom. The Balaban J connectivity index is 1.88. The number of amides is 1. The van der Waals surface area contributed by atoms with Crippen LogP contribution in [0.4, 0.5) is 4.79 Å². The van der Waals surface area contributed by atoms with Gasteiger partial charge in [0.25, 0.3) is 0 Å². The number of piperidine rings is 1. The lowest BCUT2D eigenvalue weighted by Crippen LogP contribution is -2.51. The summed E-state index contributed by atoms with van der Waals surface area (Å²) in [5.41, 5.74) is 6.46. The number of hydrogen-bond donors (Lipinski definition) is 1. The zero-order valence-corrected chi connectivity index (χ0v) is 24.2. The fourth-order valence-corrected chi connectivity index (χ4v) is 6.05. The molecule has 3 rings (SSSR count). The predicted octanol–water partition coefficient (Wildman–Crippen LogP) is 5.58. The van der Waals surface area contributed by atoms with E-state index in [-0.39, 0.29) is 22.3 Å². The normalized spacial score (nSPS) is 21.0. The lowest BCUT2D eigenvalue weighted by molar-refractivity contribution is 0.00716. The van der Waals surface area contributed by atoms with Gasteiger partial charge in [0.2, 0.25) is 0 Å². The van der Waals surface area contributed by atoms with Crippen LogP contribution in [-0.4, -0.2) is 47.1 Å². The van der Waals surface area contributed by atoms with E-state index in [4.69, 9.17) is 4.74 Å². The molecule has 1 aromatic rings. The molecule has 1 aromatic carbocycles. The molecule has 7 heteroatoms. The van der Waals surface area contributed by atoms with Crippen LogP contribution in [-0.2, 0) is 22.5 Å². The molecule has 1 fully saturated rings. The molecule has 188 valence electrons. The average molecular weight is 503 g/mol. The van der Waals surface area contributed by atoms with Gasteiger partial charge in [-0.3, -0.25) is 0 Å². The van der Waals surface area contributed by atoms with Gasteiger partial charge in [0.1, 0.15) is 18.4 Å². The molecule has 1 aliphatic heterocycles. The van der Waals surface area contributed by atoms with Gasteiger partial charge >= 0.3 is 6.09 Å². The largest absolute Gasteiger partial charge is 0.598 e. The van der Waals surface area contributed by atoms with Crippen LogP contribution in [0.5, 0.6) is 0 Å². The van der Waals surface area contributed by atoms with Gasteiger partial charge in [0, 0.05) is 35.4 Å². The van der Waals surface area contributed by atoms with Crippen LogP contribution >= 0.6 is 0 Å². The number of rotatable bonds is 2. The van der Waals surface area contributed by atoms with Gasteiger partial charge < -0.3 is 14.2 Å². The molecule has 0 saturated carbocycles. The van der Waals surface area contributed by atoms with Crippen molar-refractivity contribution in [1.29, 1.82) is 0 Å². The molecular formula is C27H42N2O3SSi. The Hall–Kier alpha value is -1.46. The van der Waals surface area contributed by atoms with Crippen molar-refractivity contribution in [1.82, 2.24) is 9.62 Å². The van der Waals surface area contributed by atoms with E-state index < -0.39 is 25.0 Å². The van der Waals surface area contributed by atoms with E-state index in [0.717, 1.165) is 24.8 Å². The Bertz CT molecular complexity index is 971. The van der Waals surface area contributed by atoms with Crippen LogP contribution in [0.25, 0.3) is 0 Å². The first kappa shape index (κ1) is 27.1. The van der Waals surface area contributed by atoms with Crippen LogP contribution in [0.2, 0.25) is 19.6 Å². The van der Waals surface area contributed by atoms with Crippen molar-refractivity contribution >= 4 is 25.5 Å². The predicted molar refractivity (Wildman–Crippen MR) is 144 cm³/mol. The zero-order chi connectivity index (χ0) is 25.5. The highest BCUT2D eigenvalue weighted by Crippen LogP contribution is 2.52. The number of benzene rings is 1. The maximum atomic E-state index is 13.2. The fraction of sp³-hybridized carbons (Fsp3) is 0.667. The highest BCUT2D eigenvalue weighted by molar-refractivity contribution is 7.90. The van der Waals surface area contributed by atoms with Crippen LogP contribution < -0.4 is 4.72 Å². The van der Waals surface area contributed by atoms with Gasteiger partial charge in [0.15, 0.2) is 0 Å². The number of carbonyl (C=O) groups is 1. The minimum absolute atomic E-state index is 0.0117. The summed E-state index contributed by atoms with van der Waals surface area (Å²) in [6.07, 6.45) is 2.35. The van der Waals surface area contributed by atoms with E-state index in [0.29, 0.717) is 13.1 Å². The first-order chi connectivity index (χ1) is 15.5. The third-order valence-corrected chi connectivity index (χ3v) is 8.82. The van der Waals surface area contributed by atoms with Crippen molar-refractivity contribution in [3.05, 3.63) is 34.9 Å². The van der Waals surface area contributed by atoms with Crippen molar-refractivity contribution in [2.24, 2.45) is 5.41 Å². The first-order valence-corrected chi connectivity index (χ1v) is 17.0. The number of fused-ring (bicyclic) bond motifs is 1. The maximum Gasteiger partial charge on any atom is 0.410 e. The van der Waals surface area contributed by atoms with E-state index in [1.54, 1.807) is 0 Å². The van der Waals surface area contributed by atoms with Crippen molar-refractivity contribution in [2.45, 2.75) is 96.8 Å². The highest BCUT2D eigenvalue weighted by atomic mass is 32.2. The standard InChI is InChI=1S/C27H42N2O3SSi/c1-25(2,3)32-24(30)29-15-13-27(14-16-29)19-21-18-20(12-17-34(7,8)9)10-11-22(21)23(27)28-33(31)26(4,5)6/h10-11,18,23,28H,13-16,19H2,1-9H3/t23-,33-/m1/s1. The smallest absolute Gasteiger partial charge is 0.410 e. The molecule has 1 heterocycles. The van der Waals surface area contributed by atoms with Gasteiger partial charge in [-0.1, -0.05) is 31.6 Å². The second-order valence-corrected chi connectivity index (χ2v) is 19.6. The maximum absolute atomic E-state index is 13.2.